The summed E-state index contributed by atoms with van der Waals surface area (Å²) in [5, 5.41) is 0.773. The molecule has 0 atom stereocenters. The lowest BCUT2D eigenvalue weighted by Crippen LogP contribution is -2.08. The third kappa shape index (κ3) is 3.37. The lowest BCUT2D eigenvalue weighted by atomic mass is 10.2. The predicted octanol–water partition coefficient (Wildman–Crippen LogP) is 4.82. The third-order valence-corrected chi connectivity index (χ3v) is 3.57. The number of carbonyl (C=O) groups is 1. The van der Waals surface area contributed by atoms with Crippen LogP contribution in [0.3, 0.4) is 0 Å². The molecule has 18 heavy (non-hydrogen) atoms. The average molecular weight is 393 g/mol. The van der Waals surface area contributed by atoms with Gasteiger partial charge in [0, 0.05) is 9.64 Å². The summed E-state index contributed by atoms with van der Waals surface area (Å²) in [4.78, 5) is 11.9. The molecule has 2 rings (SSSR count). The van der Waals surface area contributed by atoms with Crippen molar-refractivity contribution in [2.75, 3.05) is 0 Å². The Bertz CT molecular complexity index is 599. The molecule has 0 aliphatic carbocycles. The van der Waals surface area contributed by atoms with Gasteiger partial charge < -0.3 is 4.74 Å². The van der Waals surface area contributed by atoms with Gasteiger partial charge >= 0.3 is 5.97 Å². The van der Waals surface area contributed by atoms with E-state index in [1.165, 1.54) is 6.07 Å². The third-order valence-electron chi connectivity index (χ3n) is 2.16. The quantitative estimate of drug-likeness (QED) is 0.416. The normalized spacial score (nSPS) is 10.2. The van der Waals surface area contributed by atoms with Crippen LogP contribution in [0.1, 0.15) is 10.4 Å². The number of benzene rings is 2. The summed E-state index contributed by atoms with van der Waals surface area (Å²) in [7, 11) is 0. The summed E-state index contributed by atoms with van der Waals surface area (Å²) >= 11 is 13.8. The number of esters is 1. The first-order valence-corrected chi connectivity index (χ1v) is 6.82. The van der Waals surface area contributed by atoms with E-state index in [1.807, 2.05) is 6.07 Å². The zero-order valence-electron chi connectivity index (χ0n) is 8.99. The molecule has 2 nitrogen and oxygen atoms in total. The minimum atomic E-state index is -0.424. The topological polar surface area (TPSA) is 26.3 Å². The van der Waals surface area contributed by atoms with Crippen molar-refractivity contribution < 1.29 is 9.53 Å². The molecule has 0 saturated carbocycles. The monoisotopic (exact) mass is 392 g/mol. The molecule has 0 fully saturated rings. The van der Waals surface area contributed by atoms with Crippen molar-refractivity contribution in [3.63, 3.8) is 0 Å². The first kappa shape index (κ1) is 13.6. The molecule has 0 aliphatic rings. The molecule has 0 amide bonds. The Hall–Kier alpha value is -0.780. The molecule has 0 aliphatic heterocycles. The van der Waals surface area contributed by atoms with E-state index < -0.39 is 5.97 Å². The van der Waals surface area contributed by atoms with Gasteiger partial charge in [0.05, 0.1) is 15.6 Å². The van der Waals surface area contributed by atoms with Crippen LogP contribution in [-0.4, -0.2) is 5.97 Å². The number of hydrogen-bond donors (Lipinski definition) is 0. The van der Waals surface area contributed by atoms with Gasteiger partial charge in [0.25, 0.3) is 0 Å². The molecule has 0 saturated heterocycles. The second kappa shape index (κ2) is 5.91. The fourth-order valence-electron chi connectivity index (χ4n) is 1.32. The molecule has 0 bridgehead atoms. The molecular weight excluding hydrogens is 386 g/mol. The van der Waals surface area contributed by atoms with Gasteiger partial charge in [0.15, 0.2) is 0 Å². The molecule has 0 N–H and O–H groups in total. The largest absolute Gasteiger partial charge is 0.423 e. The standard InChI is InChI=1S/C13H7Cl2IO2/c14-11-5-4-10(7-12(11)15)18-13(17)8-2-1-3-9(16)6-8/h1-7H. The average Bonchev–Trinajstić information content (AvgIpc) is 2.34. The Balaban J connectivity index is 2.18. The summed E-state index contributed by atoms with van der Waals surface area (Å²) in [5.74, 6) is -0.0554. The smallest absolute Gasteiger partial charge is 0.343 e. The van der Waals surface area contributed by atoms with E-state index in [1.54, 1.807) is 30.3 Å². The van der Waals surface area contributed by atoms with Gasteiger partial charge in [0.1, 0.15) is 5.75 Å². The van der Waals surface area contributed by atoms with Crippen LogP contribution in [0.2, 0.25) is 10.0 Å². The van der Waals surface area contributed by atoms with Crippen LogP contribution in [0.4, 0.5) is 0 Å². The Morgan fingerprint density at radius 1 is 1.06 bits per heavy atom. The molecule has 2 aromatic carbocycles. The van der Waals surface area contributed by atoms with Crippen LogP contribution >= 0.6 is 45.8 Å². The van der Waals surface area contributed by atoms with Crippen molar-refractivity contribution >= 4 is 51.8 Å². The maximum atomic E-state index is 11.9. The Morgan fingerprint density at radius 2 is 1.83 bits per heavy atom. The van der Waals surface area contributed by atoms with Gasteiger partial charge in [-0.1, -0.05) is 29.3 Å². The van der Waals surface area contributed by atoms with E-state index in [9.17, 15) is 4.79 Å². The van der Waals surface area contributed by atoms with Gasteiger partial charge in [0.2, 0.25) is 0 Å². The van der Waals surface area contributed by atoms with Crippen LogP contribution in [-0.2, 0) is 0 Å². The van der Waals surface area contributed by atoms with E-state index in [0.29, 0.717) is 21.4 Å². The summed E-state index contributed by atoms with van der Waals surface area (Å²) in [6.45, 7) is 0. The number of ether oxygens (including phenoxy) is 1. The molecule has 5 heteroatoms. The molecule has 0 aromatic heterocycles. The molecule has 0 spiro atoms. The number of hydrogen-bond acceptors (Lipinski definition) is 2. The van der Waals surface area contributed by atoms with E-state index in [0.717, 1.165) is 3.57 Å². The highest BCUT2D eigenvalue weighted by Crippen LogP contribution is 2.26. The van der Waals surface area contributed by atoms with Crippen LogP contribution in [0.15, 0.2) is 42.5 Å². The predicted molar refractivity (Wildman–Crippen MR) is 80.6 cm³/mol. The van der Waals surface area contributed by atoms with Crippen LogP contribution in [0.5, 0.6) is 5.75 Å². The number of halogens is 3. The summed E-state index contributed by atoms with van der Waals surface area (Å²) in [6, 6.07) is 11.8. The van der Waals surface area contributed by atoms with Gasteiger partial charge in [-0.3, -0.25) is 0 Å². The highest BCUT2D eigenvalue weighted by Gasteiger charge is 2.09. The first-order chi connectivity index (χ1) is 8.56. The number of carbonyl (C=O) groups excluding carboxylic acids is 1. The molecule has 0 unspecified atom stereocenters. The minimum Gasteiger partial charge on any atom is -0.423 e. The second-order valence-corrected chi connectivity index (χ2v) is 5.54. The fraction of sp³-hybridized carbons (Fsp3) is 0. The highest BCUT2D eigenvalue weighted by atomic mass is 127. The molecule has 0 radical (unpaired) electrons. The second-order valence-electron chi connectivity index (χ2n) is 3.48. The van der Waals surface area contributed by atoms with Crippen molar-refractivity contribution in [3.8, 4) is 5.75 Å². The SMILES string of the molecule is O=C(Oc1ccc(Cl)c(Cl)c1)c1cccc(I)c1. The zero-order valence-corrected chi connectivity index (χ0v) is 12.7. The van der Waals surface area contributed by atoms with E-state index in [4.69, 9.17) is 27.9 Å². The Morgan fingerprint density at radius 3 is 2.50 bits per heavy atom. The van der Waals surface area contributed by atoms with Crippen LogP contribution in [0.25, 0.3) is 0 Å². The highest BCUT2D eigenvalue weighted by molar-refractivity contribution is 14.1. The Labute approximate surface area is 128 Å². The molecular formula is C13H7Cl2IO2. The lowest BCUT2D eigenvalue weighted by molar-refractivity contribution is 0.0734. The first-order valence-electron chi connectivity index (χ1n) is 4.99. The van der Waals surface area contributed by atoms with Gasteiger partial charge in [-0.2, -0.15) is 0 Å². The van der Waals surface area contributed by atoms with Gasteiger partial charge in [-0.25, -0.2) is 4.79 Å². The van der Waals surface area contributed by atoms with Gasteiger partial charge in [-0.15, -0.1) is 0 Å². The van der Waals surface area contributed by atoms with Crippen molar-refractivity contribution in [2.24, 2.45) is 0 Å². The van der Waals surface area contributed by atoms with E-state index in [-0.39, 0.29) is 0 Å². The molecule has 2 aromatic rings. The van der Waals surface area contributed by atoms with Crippen molar-refractivity contribution in [1.82, 2.24) is 0 Å². The van der Waals surface area contributed by atoms with Crippen LogP contribution in [0, 0.1) is 3.57 Å². The number of rotatable bonds is 2. The van der Waals surface area contributed by atoms with Crippen molar-refractivity contribution in [2.45, 2.75) is 0 Å². The van der Waals surface area contributed by atoms with Gasteiger partial charge in [-0.05, 0) is 52.9 Å². The van der Waals surface area contributed by atoms with Crippen molar-refractivity contribution in [1.29, 1.82) is 0 Å². The maximum Gasteiger partial charge on any atom is 0.343 e. The lowest BCUT2D eigenvalue weighted by Gasteiger charge is -2.05. The van der Waals surface area contributed by atoms with Crippen LogP contribution < -0.4 is 4.74 Å². The summed E-state index contributed by atoms with van der Waals surface area (Å²) < 4.78 is 6.17. The van der Waals surface area contributed by atoms with Crippen molar-refractivity contribution in [3.05, 3.63) is 61.6 Å². The maximum absolute atomic E-state index is 11.9. The molecule has 0 heterocycles. The summed E-state index contributed by atoms with van der Waals surface area (Å²) in [5.41, 5.74) is 0.493. The fourth-order valence-corrected chi connectivity index (χ4v) is 2.15. The molecule has 92 valence electrons. The van der Waals surface area contributed by atoms with E-state index >= 15 is 0 Å². The van der Waals surface area contributed by atoms with E-state index in [2.05, 4.69) is 22.6 Å². The summed E-state index contributed by atoms with van der Waals surface area (Å²) in [6.07, 6.45) is 0. The Kier molecular flexibility index (Phi) is 4.48. The minimum absolute atomic E-state index is 0.351. The zero-order chi connectivity index (χ0) is 13.1.